The van der Waals surface area contributed by atoms with Gasteiger partial charge in [-0.05, 0) is 32.4 Å². The van der Waals surface area contributed by atoms with Crippen LogP contribution in [-0.2, 0) is 0 Å². The zero-order chi connectivity index (χ0) is 15.7. The van der Waals surface area contributed by atoms with E-state index >= 15 is 0 Å². The second-order valence-corrected chi connectivity index (χ2v) is 5.42. The van der Waals surface area contributed by atoms with E-state index in [2.05, 4.69) is 17.6 Å². The van der Waals surface area contributed by atoms with Crippen LogP contribution in [0.1, 0.15) is 63.2 Å². The minimum absolute atomic E-state index is 0.104. The van der Waals surface area contributed by atoms with Gasteiger partial charge in [0.15, 0.2) is 0 Å². The van der Waals surface area contributed by atoms with Crippen molar-refractivity contribution in [1.82, 2.24) is 5.32 Å². The number of para-hydroxylation sites is 1. The molecule has 0 bridgehead atoms. The van der Waals surface area contributed by atoms with Gasteiger partial charge in [-0.1, -0.05) is 38.7 Å². The minimum Gasteiger partial charge on any atom is -0.382 e. The average molecular weight is 294 g/mol. The van der Waals surface area contributed by atoms with Crippen molar-refractivity contribution in [3.05, 3.63) is 29.6 Å². The van der Waals surface area contributed by atoms with Gasteiger partial charge in [-0.2, -0.15) is 0 Å². The van der Waals surface area contributed by atoms with Gasteiger partial charge in [0.05, 0.1) is 11.3 Å². The van der Waals surface area contributed by atoms with Crippen LogP contribution in [0, 0.1) is 5.82 Å². The molecule has 0 aromatic heterocycles. The van der Waals surface area contributed by atoms with Crippen molar-refractivity contribution in [3.8, 4) is 0 Å². The molecule has 0 saturated carbocycles. The molecule has 0 saturated heterocycles. The quantitative estimate of drug-likeness (QED) is 0.665. The second kappa shape index (κ2) is 9.37. The maximum atomic E-state index is 13.8. The Morgan fingerprint density at radius 3 is 2.67 bits per heavy atom. The van der Waals surface area contributed by atoms with Crippen LogP contribution >= 0.6 is 0 Å². The molecule has 2 N–H and O–H groups in total. The minimum atomic E-state index is -0.389. The number of anilines is 1. The van der Waals surface area contributed by atoms with Gasteiger partial charge in [0, 0.05) is 12.6 Å². The van der Waals surface area contributed by atoms with Gasteiger partial charge in [-0.3, -0.25) is 4.79 Å². The van der Waals surface area contributed by atoms with E-state index in [0.717, 1.165) is 12.8 Å². The van der Waals surface area contributed by atoms with Gasteiger partial charge in [0.1, 0.15) is 5.82 Å². The van der Waals surface area contributed by atoms with Crippen LogP contribution in [0.3, 0.4) is 0 Å². The Bertz CT molecular complexity index is 448. The first-order valence-corrected chi connectivity index (χ1v) is 7.93. The maximum Gasteiger partial charge on any atom is 0.253 e. The second-order valence-electron chi connectivity index (χ2n) is 5.42. The molecule has 1 aromatic rings. The van der Waals surface area contributed by atoms with E-state index < -0.39 is 0 Å². The molecule has 21 heavy (non-hydrogen) atoms. The van der Waals surface area contributed by atoms with Crippen LogP contribution in [-0.4, -0.2) is 18.5 Å². The Hall–Kier alpha value is -1.58. The highest BCUT2D eigenvalue weighted by molar-refractivity contribution is 5.99. The van der Waals surface area contributed by atoms with Crippen molar-refractivity contribution in [3.63, 3.8) is 0 Å². The lowest BCUT2D eigenvalue weighted by molar-refractivity contribution is 0.0938. The smallest absolute Gasteiger partial charge is 0.253 e. The third-order valence-electron chi connectivity index (χ3n) is 3.48. The summed E-state index contributed by atoms with van der Waals surface area (Å²) in [4.78, 5) is 12.3. The zero-order valence-corrected chi connectivity index (χ0v) is 13.3. The van der Waals surface area contributed by atoms with E-state index in [-0.39, 0.29) is 23.5 Å². The molecule has 1 unspecified atom stereocenters. The Balaban J connectivity index is 2.60. The molecular formula is C17H27FN2O. The first kappa shape index (κ1) is 17.5. The Labute approximate surface area is 127 Å². The summed E-state index contributed by atoms with van der Waals surface area (Å²) in [6.07, 6.45) is 5.70. The highest BCUT2D eigenvalue weighted by Crippen LogP contribution is 2.20. The summed E-state index contributed by atoms with van der Waals surface area (Å²) in [5.74, 6) is -0.603. The first-order valence-electron chi connectivity index (χ1n) is 7.93. The molecule has 1 aromatic carbocycles. The summed E-state index contributed by atoms with van der Waals surface area (Å²) in [6, 6.07) is 4.69. The zero-order valence-electron chi connectivity index (χ0n) is 13.3. The van der Waals surface area contributed by atoms with E-state index in [1.54, 1.807) is 12.1 Å². The van der Waals surface area contributed by atoms with E-state index in [1.165, 1.54) is 25.3 Å². The average Bonchev–Trinajstić information content (AvgIpc) is 2.46. The van der Waals surface area contributed by atoms with Crippen LogP contribution in [0.25, 0.3) is 0 Å². The van der Waals surface area contributed by atoms with Gasteiger partial charge in [-0.25, -0.2) is 4.39 Å². The molecule has 1 rings (SSSR count). The van der Waals surface area contributed by atoms with Crippen LogP contribution in [0.4, 0.5) is 10.1 Å². The molecule has 0 heterocycles. The lowest BCUT2D eigenvalue weighted by Crippen LogP contribution is -2.33. The molecule has 0 aliphatic rings. The summed E-state index contributed by atoms with van der Waals surface area (Å²) in [6.45, 7) is 6.63. The molecular weight excluding hydrogens is 267 g/mol. The van der Waals surface area contributed by atoms with Crippen molar-refractivity contribution in [2.45, 2.75) is 58.9 Å². The Morgan fingerprint density at radius 1 is 1.24 bits per heavy atom. The molecule has 0 aliphatic carbocycles. The third-order valence-corrected chi connectivity index (χ3v) is 3.48. The molecule has 0 spiro atoms. The molecule has 118 valence electrons. The number of carbonyl (C=O) groups is 1. The number of halogens is 1. The predicted molar refractivity (Wildman–Crippen MR) is 86.3 cm³/mol. The van der Waals surface area contributed by atoms with Crippen LogP contribution in [0.15, 0.2) is 18.2 Å². The lowest BCUT2D eigenvalue weighted by Gasteiger charge is -2.16. The monoisotopic (exact) mass is 294 g/mol. The van der Waals surface area contributed by atoms with E-state index in [9.17, 15) is 9.18 Å². The summed E-state index contributed by atoms with van der Waals surface area (Å²) in [5, 5.41) is 5.88. The number of unbranched alkanes of at least 4 members (excludes halogenated alkanes) is 3. The van der Waals surface area contributed by atoms with Crippen molar-refractivity contribution in [2.24, 2.45) is 0 Å². The van der Waals surface area contributed by atoms with Gasteiger partial charge >= 0.3 is 0 Å². The highest BCUT2D eigenvalue weighted by atomic mass is 19.1. The lowest BCUT2D eigenvalue weighted by atomic mass is 10.1. The fourth-order valence-electron chi connectivity index (χ4n) is 2.32. The molecule has 1 atom stereocenters. The van der Waals surface area contributed by atoms with E-state index in [4.69, 9.17) is 0 Å². The van der Waals surface area contributed by atoms with Gasteiger partial charge < -0.3 is 10.6 Å². The summed E-state index contributed by atoms with van der Waals surface area (Å²) < 4.78 is 13.8. The Morgan fingerprint density at radius 2 is 2.00 bits per heavy atom. The maximum absolute atomic E-state index is 13.8. The molecule has 3 nitrogen and oxygen atoms in total. The normalized spacial score (nSPS) is 12.0. The third kappa shape index (κ3) is 5.74. The van der Waals surface area contributed by atoms with E-state index in [0.29, 0.717) is 12.1 Å². The number of nitrogens with one attached hydrogen (secondary N) is 2. The number of hydrogen-bond donors (Lipinski definition) is 2. The predicted octanol–water partition coefficient (Wildman–Crippen LogP) is 4.35. The van der Waals surface area contributed by atoms with Gasteiger partial charge in [-0.15, -0.1) is 0 Å². The fourth-order valence-corrected chi connectivity index (χ4v) is 2.32. The number of benzene rings is 1. The van der Waals surface area contributed by atoms with Crippen molar-refractivity contribution < 1.29 is 9.18 Å². The number of rotatable bonds is 9. The fraction of sp³-hybridized carbons (Fsp3) is 0.588. The molecule has 0 aliphatic heterocycles. The Kier molecular flexibility index (Phi) is 7.80. The van der Waals surface area contributed by atoms with Crippen LogP contribution < -0.4 is 10.6 Å². The van der Waals surface area contributed by atoms with Gasteiger partial charge in [0.25, 0.3) is 5.91 Å². The first-order chi connectivity index (χ1) is 10.1. The van der Waals surface area contributed by atoms with Crippen LogP contribution in [0.2, 0.25) is 0 Å². The van der Waals surface area contributed by atoms with Crippen molar-refractivity contribution in [2.75, 3.05) is 11.9 Å². The molecule has 0 fully saturated rings. The molecule has 1 amide bonds. The molecule has 4 heteroatoms. The largest absolute Gasteiger partial charge is 0.382 e. The summed E-state index contributed by atoms with van der Waals surface area (Å²) >= 11 is 0. The number of hydrogen-bond acceptors (Lipinski definition) is 2. The highest BCUT2D eigenvalue weighted by Gasteiger charge is 2.16. The molecule has 0 radical (unpaired) electrons. The SMILES string of the molecule is CCCCCCC(C)NC(=O)c1cccc(F)c1NCC. The van der Waals surface area contributed by atoms with E-state index in [1.807, 2.05) is 13.8 Å². The summed E-state index contributed by atoms with van der Waals surface area (Å²) in [5.41, 5.74) is 0.660. The topological polar surface area (TPSA) is 41.1 Å². The number of amides is 1. The standard InChI is InChI=1S/C17H27FN2O/c1-4-6-7-8-10-13(3)20-17(21)14-11-9-12-15(18)16(14)19-5-2/h9,11-13,19H,4-8,10H2,1-3H3,(H,20,21). The summed E-state index contributed by atoms with van der Waals surface area (Å²) in [7, 11) is 0. The van der Waals surface area contributed by atoms with Crippen molar-refractivity contribution in [1.29, 1.82) is 0 Å². The van der Waals surface area contributed by atoms with Crippen LogP contribution in [0.5, 0.6) is 0 Å². The van der Waals surface area contributed by atoms with Crippen molar-refractivity contribution >= 4 is 11.6 Å². The number of carbonyl (C=O) groups excluding carboxylic acids is 1. The van der Waals surface area contributed by atoms with Gasteiger partial charge in [0.2, 0.25) is 0 Å².